The third-order valence-corrected chi connectivity index (χ3v) is 4.06. The number of carbonyl (C=O) groups is 1. The van der Waals surface area contributed by atoms with E-state index in [-0.39, 0.29) is 11.2 Å². The van der Waals surface area contributed by atoms with E-state index in [0.717, 1.165) is 10.6 Å². The Bertz CT molecular complexity index is 617. The van der Waals surface area contributed by atoms with Crippen molar-refractivity contribution < 1.29 is 9.53 Å². The molecule has 2 aromatic rings. The number of ether oxygens (including phenoxy) is 1. The highest BCUT2D eigenvalue weighted by molar-refractivity contribution is 8.00. The highest BCUT2D eigenvalue weighted by Gasteiger charge is 2.16. The molecular weight excluding hydrogens is 284 g/mol. The molecule has 1 atom stereocenters. The summed E-state index contributed by atoms with van der Waals surface area (Å²) in [5.74, 6) is 0.629. The molecule has 21 heavy (non-hydrogen) atoms. The Balaban J connectivity index is 2.04. The van der Waals surface area contributed by atoms with Gasteiger partial charge in [0.1, 0.15) is 5.75 Å². The third-order valence-electron chi connectivity index (χ3n) is 2.90. The fourth-order valence-corrected chi connectivity index (χ4v) is 2.74. The summed E-state index contributed by atoms with van der Waals surface area (Å²) in [5, 5.41) is 2.64. The lowest BCUT2D eigenvalue weighted by atomic mass is 10.3. The lowest BCUT2D eigenvalue weighted by molar-refractivity contribution is -0.115. The highest BCUT2D eigenvalue weighted by Crippen LogP contribution is 2.34. The number of para-hydroxylation sites is 1. The Morgan fingerprint density at radius 3 is 2.62 bits per heavy atom. The number of nitrogen functional groups attached to an aromatic ring is 1. The smallest absolute Gasteiger partial charge is 0.237 e. The summed E-state index contributed by atoms with van der Waals surface area (Å²) in [4.78, 5) is 13.1. The third kappa shape index (κ3) is 4.16. The van der Waals surface area contributed by atoms with Crippen LogP contribution in [0.4, 0.5) is 11.4 Å². The summed E-state index contributed by atoms with van der Waals surface area (Å²) in [6.45, 7) is 1.86. The number of amides is 1. The van der Waals surface area contributed by atoms with E-state index < -0.39 is 0 Å². The van der Waals surface area contributed by atoms with Crippen LogP contribution in [0.5, 0.6) is 5.75 Å². The molecule has 2 rings (SSSR count). The molecule has 0 aliphatic carbocycles. The van der Waals surface area contributed by atoms with Crippen LogP contribution in [0.1, 0.15) is 6.92 Å². The van der Waals surface area contributed by atoms with Crippen molar-refractivity contribution in [1.82, 2.24) is 0 Å². The van der Waals surface area contributed by atoms with Crippen molar-refractivity contribution in [3.8, 4) is 5.75 Å². The predicted octanol–water partition coefficient (Wildman–Crippen LogP) is 3.40. The molecule has 0 spiro atoms. The molecule has 0 bridgehead atoms. The maximum atomic E-state index is 12.2. The summed E-state index contributed by atoms with van der Waals surface area (Å²) in [6, 6.07) is 14.8. The summed E-state index contributed by atoms with van der Waals surface area (Å²) >= 11 is 1.44. The first-order valence-corrected chi connectivity index (χ1v) is 7.44. The minimum absolute atomic E-state index is 0.0509. The van der Waals surface area contributed by atoms with Gasteiger partial charge < -0.3 is 15.8 Å². The molecule has 4 nitrogen and oxygen atoms in total. The van der Waals surface area contributed by atoms with Gasteiger partial charge in [0.2, 0.25) is 5.91 Å². The van der Waals surface area contributed by atoms with Gasteiger partial charge in [-0.25, -0.2) is 0 Å². The van der Waals surface area contributed by atoms with Crippen molar-refractivity contribution in [2.75, 3.05) is 18.2 Å². The molecule has 0 fully saturated rings. The Morgan fingerprint density at radius 2 is 1.95 bits per heavy atom. The normalized spacial score (nSPS) is 11.7. The van der Waals surface area contributed by atoms with Gasteiger partial charge in [-0.1, -0.05) is 18.2 Å². The zero-order valence-electron chi connectivity index (χ0n) is 12.0. The average molecular weight is 302 g/mol. The van der Waals surface area contributed by atoms with Crippen LogP contribution in [-0.4, -0.2) is 18.3 Å². The van der Waals surface area contributed by atoms with Gasteiger partial charge in [0.15, 0.2) is 0 Å². The van der Waals surface area contributed by atoms with Crippen LogP contribution >= 0.6 is 11.8 Å². The van der Waals surface area contributed by atoms with Crippen LogP contribution in [0.2, 0.25) is 0 Å². The molecule has 110 valence electrons. The largest absolute Gasteiger partial charge is 0.496 e. The summed E-state index contributed by atoms with van der Waals surface area (Å²) < 4.78 is 5.29. The fraction of sp³-hybridized carbons (Fsp3) is 0.188. The number of thioether (sulfide) groups is 1. The van der Waals surface area contributed by atoms with E-state index in [0.29, 0.717) is 11.4 Å². The number of carbonyl (C=O) groups excluding carboxylic acids is 1. The second-order valence-electron chi connectivity index (χ2n) is 4.53. The minimum atomic E-state index is -0.247. The Kier molecular flexibility index (Phi) is 5.11. The van der Waals surface area contributed by atoms with Crippen molar-refractivity contribution in [3.63, 3.8) is 0 Å². The van der Waals surface area contributed by atoms with Gasteiger partial charge in [0.25, 0.3) is 0 Å². The molecule has 1 unspecified atom stereocenters. The first-order chi connectivity index (χ1) is 10.1. The van der Waals surface area contributed by atoms with Gasteiger partial charge >= 0.3 is 0 Å². The number of nitrogens with one attached hydrogen (secondary N) is 1. The molecule has 0 aliphatic rings. The van der Waals surface area contributed by atoms with Crippen LogP contribution in [0.15, 0.2) is 53.4 Å². The van der Waals surface area contributed by atoms with Gasteiger partial charge in [-0.2, -0.15) is 0 Å². The number of anilines is 2. The summed E-state index contributed by atoms with van der Waals surface area (Å²) in [7, 11) is 1.59. The lowest BCUT2D eigenvalue weighted by Gasteiger charge is -2.14. The number of rotatable bonds is 5. The number of hydrogen-bond acceptors (Lipinski definition) is 4. The van der Waals surface area contributed by atoms with Gasteiger partial charge in [0.05, 0.1) is 17.3 Å². The summed E-state index contributed by atoms with van der Waals surface area (Å²) in [6.07, 6.45) is 0. The molecule has 0 radical (unpaired) electrons. The average Bonchev–Trinajstić information content (AvgIpc) is 2.49. The molecule has 0 saturated heterocycles. The Hall–Kier alpha value is -2.14. The lowest BCUT2D eigenvalue weighted by Crippen LogP contribution is -2.22. The molecule has 5 heteroatoms. The molecule has 2 aromatic carbocycles. The second-order valence-corrected chi connectivity index (χ2v) is 5.91. The molecule has 1 amide bonds. The van der Waals surface area contributed by atoms with E-state index >= 15 is 0 Å². The number of nitrogens with two attached hydrogens (primary N) is 1. The summed E-state index contributed by atoms with van der Waals surface area (Å²) in [5.41, 5.74) is 7.15. The van der Waals surface area contributed by atoms with E-state index in [1.54, 1.807) is 19.2 Å². The molecule has 0 saturated carbocycles. The van der Waals surface area contributed by atoms with Crippen LogP contribution in [0.25, 0.3) is 0 Å². The van der Waals surface area contributed by atoms with Crippen LogP contribution in [0.3, 0.4) is 0 Å². The standard InChI is InChI=1S/C16H18N2O2S/c1-11(16(19)18-13-6-4-3-5-7-13)21-15-9-8-12(17)10-14(15)20-2/h3-11H,17H2,1-2H3,(H,18,19). The monoisotopic (exact) mass is 302 g/mol. The molecule has 3 N–H and O–H groups in total. The van der Waals surface area contributed by atoms with E-state index in [1.807, 2.05) is 43.3 Å². The molecule has 0 heterocycles. The van der Waals surface area contributed by atoms with Crippen molar-refractivity contribution in [2.45, 2.75) is 17.1 Å². The second kappa shape index (κ2) is 7.04. The van der Waals surface area contributed by atoms with Crippen molar-refractivity contribution in [1.29, 1.82) is 0 Å². The van der Waals surface area contributed by atoms with E-state index in [4.69, 9.17) is 10.5 Å². The SMILES string of the molecule is COc1cc(N)ccc1SC(C)C(=O)Nc1ccccc1. The maximum absolute atomic E-state index is 12.2. The molecule has 0 aromatic heterocycles. The van der Waals surface area contributed by atoms with Crippen LogP contribution in [-0.2, 0) is 4.79 Å². The van der Waals surface area contributed by atoms with E-state index in [2.05, 4.69) is 5.32 Å². The van der Waals surface area contributed by atoms with Gasteiger partial charge in [-0.3, -0.25) is 4.79 Å². The van der Waals surface area contributed by atoms with Crippen molar-refractivity contribution in [3.05, 3.63) is 48.5 Å². The minimum Gasteiger partial charge on any atom is -0.496 e. The topological polar surface area (TPSA) is 64.3 Å². The quantitative estimate of drug-likeness (QED) is 0.656. The zero-order valence-corrected chi connectivity index (χ0v) is 12.8. The van der Waals surface area contributed by atoms with Crippen LogP contribution in [0, 0.1) is 0 Å². The number of methoxy groups -OCH3 is 1. The zero-order chi connectivity index (χ0) is 15.2. The molecular formula is C16H18N2O2S. The maximum Gasteiger partial charge on any atom is 0.237 e. The van der Waals surface area contributed by atoms with Gasteiger partial charge in [-0.15, -0.1) is 11.8 Å². The first kappa shape index (κ1) is 15.3. The van der Waals surface area contributed by atoms with Crippen molar-refractivity contribution in [2.24, 2.45) is 0 Å². The highest BCUT2D eigenvalue weighted by atomic mass is 32.2. The van der Waals surface area contributed by atoms with Crippen molar-refractivity contribution >= 4 is 29.0 Å². The predicted molar refractivity (Wildman–Crippen MR) is 87.8 cm³/mol. The molecule has 0 aliphatic heterocycles. The Morgan fingerprint density at radius 1 is 1.24 bits per heavy atom. The number of benzene rings is 2. The van der Waals surface area contributed by atoms with E-state index in [1.165, 1.54) is 11.8 Å². The Labute approximate surface area is 128 Å². The van der Waals surface area contributed by atoms with Crippen LogP contribution < -0.4 is 15.8 Å². The van der Waals surface area contributed by atoms with E-state index in [9.17, 15) is 4.79 Å². The fourth-order valence-electron chi connectivity index (χ4n) is 1.79. The first-order valence-electron chi connectivity index (χ1n) is 6.56. The number of hydrogen-bond donors (Lipinski definition) is 2. The van der Waals surface area contributed by atoms with Gasteiger partial charge in [0, 0.05) is 17.4 Å². The van der Waals surface area contributed by atoms with Gasteiger partial charge in [-0.05, 0) is 31.2 Å².